The number of aromatic amines is 1. The van der Waals surface area contributed by atoms with Crippen LogP contribution in [-0.4, -0.2) is 19.6 Å². The molecule has 0 bridgehead atoms. The Morgan fingerprint density at radius 1 is 1.64 bits per heavy atom. The fourth-order valence-electron chi connectivity index (χ4n) is 0.780. The van der Waals surface area contributed by atoms with Crippen molar-refractivity contribution >= 4 is 29.6 Å². The van der Waals surface area contributed by atoms with Crippen LogP contribution >= 0.6 is 23.8 Å². The molecule has 11 heavy (non-hydrogen) atoms. The first-order chi connectivity index (χ1) is 5.27. The van der Waals surface area contributed by atoms with Gasteiger partial charge in [0.2, 0.25) is 4.77 Å². The Morgan fingerprint density at radius 3 is 3.27 bits per heavy atom. The SMILES string of the molecule is S=c1[nH]nc2ncc(Cl)cn12. The molecule has 56 valence electrons. The molecule has 0 radical (unpaired) electrons. The van der Waals surface area contributed by atoms with E-state index < -0.39 is 0 Å². The molecular formula is C5H3ClN4S. The molecule has 0 fully saturated rings. The van der Waals surface area contributed by atoms with Crippen LogP contribution in [0.3, 0.4) is 0 Å². The molecule has 6 heteroatoms. The number of nitrogens with one attached hydrogen (secondary N) is 1. The third-order valence-electron chi connectivity index (χ3n) is 1.24. The largest absolute Gasteiger partial charge is 0.258 e. The molecule has 0 aliphatic heterocycles. The average Bonchev–Trinajstić information content (AvgIpc) is 2.33. The number of halogens is 1. The number of hydrogen-bond donors (Lipinski definition) is 1. The van der Waals surface area contributed by atoms with Crippen LogP contribution < -0.4 is 0 Å². The standard InChI is InChI=1S/C5H3ClN4S/c6-3-1-7-4-8-9-5(11)10(4)2-3/h1-2H,(H,9,11). The maximum absolute atomic E-state index is 5.68. The lowest BCUT2D eigenvalue weighted by atomic mass is 10.7. The molecule has 2 heterocycles. The summed E-state index contributed by atoms with van der Waals surface area (Å²) in [7, 11) is 0. The molecule has 0 amide bonds. The van der Waals surface area contributed by atoms with Gasteiger partial charge in [-0.25, -0.2) is 10.1 Å². The minimum absolute atomic E-state index is 0.495. The summed E-state index contributed by atoms with van der Waals surface area (Å²) < 4.78 is 2.10. The Balaban J connectivity index is 2.99. The van der Waals surface area contributed by atoms with Crippen LogP contribution in [0.5, 0.6) is 0 Å². The molecule has 0 aliphatic carbocycles. The van der Waals surface area contributed by atoms with Crippen molar-refractivity contribution in [3.05, 3.63) is 22.2 Å². The van der Waals surface area contributed by atoms with E-state index in [1.807, 2.05) is 0 Å². The Morgan fingerprint density at radius 2 is 2.45 bits per heavy atom. The smallest absolute Gasteiger partial charge is 0.253 e. The van der Waals surface area contributed by atoms with E-state index in [-0.39, 0.29) is 0 Å². The van der Waals surface area contributed by atoms with Gasteiger partial charge in [-0.3, -0.25) is 4.40 Å². The Bertz CT molecular complexity index is 445. The van der Waals surface area contributed by atoms with Gasteiger partial charge in [0.05, 0.1) is 11.2 Å². The topological polar surface area (TPSA) is 46.0 Å². The summed E-state index contributed by atoms with van der Waals surface area (Å²) >= 11 is 10.6. The Labute approximate surface area is 71.8 Å². The maximum Gasteiger partial charge on any atom is 0.253 e. The van der Waals surface area contributed by atoms with E-state index in [1.54, 1.807) is 10.6 Å². The second-order valence-corrected chi connectivity index (χ2v) is 2.79. The monoisotopic (exact) mass is 186 g/mol. The lowest BCUT2D eigenvalue weighted by molar-refractivity contribution is 1.07. The van der Waals surface area contributed by atoms with Crippen LogP contribution in [0.1, 0.15) is 0 Å². The van der Waals surface area contributed by atoms with Gasteiger partial charge < -0.3 is 0 Å². The van der Waals surface area contributed by atoms with Crippen LogP contribution in [0.25, 0.3) is 5.78 Å². The molecule has 0 aromatic carbocycles. The van der Waals surface area contributed by atoms with Gasteiger partial charge in [0.15, 0.2) is 0 Å². The minimum Gasteiger partial charge on any atom is -0.258 e. The van der Waals surface area contributed by atoms with Gasteiger partial charge in [-0.2, -0.15) is 0 Å². The van der Waals surface area contributed by atoms with Crippen LogP contribution in [0.2, 0.25) is 5.02 Å². The summed E-state index contributed by atoms with van der Waals surface area (Å²) in [5, 5.41) is 6.97. The van der Waals surface area contributed by atoms with Gasteiger partial charge in [0, 0.05) is 6.20 Å². The quantitative estimate of drug-likeness (QED) is 0.634. The minimum atomic E-state index is 0.495. The lowest BCUT2D eigenvalue weighted by Gasteiger charge is -1.89. The maximum atomic E-state index is 5.68. The second-order valence-electron chi connectivity index (χ2n) is 1.97. The molecular weight excluding hydrogens is 184 g/mol. The van der Waals surface area contributed by atoms with Crippen molar-refractivity contribution in [2.24, 2.45) is 0 Å². The summed E-state index contributed by atoms with van der Waals surface area (Å²) in [6, 6.07) is 0. The van der Waals surface area contributed by atoms with E-state index >= 15 is 0 Å². The van der Waals surface area contributed by atoms with Gasteiger partial charge >= 0.3 is 0 Å². The van der Waals surface area contributed by atoms with Crippen molar-refractivity contribution in [2.75, 3.05) is 0 Å². The van der Waals surface area contributed by atoms with Crippen molar-refractivity contribution < 1.29 is 0 Å². The molecule has 0 saturated carbocycles. The van der Waals surface area contributed by atoms with E-state index in [0.29, 0.717) is 15.6 Å². The second kappa shape index (κ2) is 2.28. The first-order valence-corrected chi connectivity index (χ1v) is 3.64. The normalized spacial score (nSPS) is 10.6. The van der Waals surface area contributed by atoms with Gasteiger partial charge in [-0.05, 0) is 12.2 Å². The molecule has 4 nitrogen and oxygen atoms in total. The van der Waals surface area contributed by atoms with E-state index in [9.17, 15) is 0 Å². The third kappa shape index (κ3) is 1.02. The van der Waals surface area contributed by atoms with Crippen LogP contribution in [0, 0.1) is 4.77 Å². The Hall–Kier alpha value is -0.940. The Kier molecular flexibility index (Phi) is 1.40. The zero-order valence-electron chi connectivity index (χ0n) is 5.28. The predicted octanol–water partition coefficient (Wildman–Crippen LogP) is 1.44. The van der Waals surface area contributed by atoms with Gasteiger partial charge in [0.1, 0.15) is 0 Å². The van der Waals surface area contributed by atoms with Gasteiger partial charge in [0.25, 0.3) is 5.78 Å². The van der Waals surface area contributed by atoms with Gasteiger partial charge in [-0.1, -0.05) is 11.6 Å². The van der Waals surface area contributed by atoms with Crippen molar-refractivity contribution in [2.45, 2.75) is 0 Å². The fraction of sp³-hybridized carbons (Fsp3) is 0. The number of nitrogens with zero attached hydrogens (tertiary/aromatic N) is 3. The zero-order valence-corrected chi connectivity index (χ0v) is 6.85. The average molecular weight is 187 g/mol. The molecule has 2 aromatic heterocycles. The summed E-state index contributed by atoms with van der Waals surface area (Å²) in [4.78, 5) is 3.92. The van der Waals surface area contributed by atoms with Crippen molar-refractivity contribution in [1.82, 2.24) is 19.6 Å². The molecule has 2 aromatic rings. The lowest BCUT2D eigenvalue weighted by Crippen LogP contribution is -1.86. The molecule has 0 saturated heterocycles. The van der Waals surface area contributed by atoms with Gasteiger partial charge in [-0.15, -0.1) is 5.10 Å². The van der Waals surface area contributed by atoms with Crippen molar-refractivity contribution in [1.29, 1.82) is 0 Å². The number of aromatic nitrogens is 4. The number of H-pyrrole nitrogens is 1. The third-order valence-corrected chi connectivity index (χ3v) is 1.72. The molecule has 0 spiro atoms. The summed E-state index contributed by atoms with van der Waals surface area (Å²) in [5.41, 5.74) is 0. The predicted molar refractivity (Wildman–Crippen MR) is 43.2 cm³/mol. The highest BCUT2D eigenvalue weighted by atomic mass is 35.5. The highest BCUT2D eigenvalue weighted by Gasteiger charge is 1.96. The highest BCUT2D eigenvalue weighted by Crippen LogP contribution is 2.05. The fourth-order valence-corrected chi connectivity index (χ4v) is 1.11. The van der Waals surface area contributed by atoms with E-state index in [0.717, 1.165) is 0 Å². The van der Waals surface area contributed by atoms with Crippen molar-refractivity contribution in [3.63, 3.8) is 0 Å². The first kappa shape index (κ1) is 6.75. The molecule has 0 aliphatic rings. The molecule has 2 rings (SSSR count). The van der Waals surface area contributed by atoms with Crippen molar-refractivity contribution in [3.8, 4) is 0 Å². The van der Waals surface area contributed by atoms with E-state index in [2.05, 4.69) is 15.2 Å². The number of hydrogen-bond acceptors (Lipinski definition) is 3. The molecule has 0 unspecified atom stereocenters. The first-order valence-electron chi connectivity index (χ1n) is 2.85. The summed E-state index contributed by atoms with van der Waals surface area (Å²) in [6.07, 6.45) is 3.18. The summed E-state index contributed by atoms with van der Waals surface area (Å²) in [6.45, 7) is 0. The zero-order chi connectivity index (χ0) is 7.84. The number of rotatable bonds is 0. The summed E-state index contributed by atoms with van der Waals surface area (Å²) in [5.74, 6) is 0.527. The van der Waals surface area contributed by atoms with Crippen LogP contribution in [0.4, 0.5) is 0 Å². The van der Waals surface area contributed by atoms with E-state index in [4.69, 9.17) is 23.8 Å². The van der Waals surface area contributed by atoms with Crippen LogP contribution in [0.15, 0.2) is 12.4 Å². The van der Waals surface area contributed by atoms with Crippen LogP contribution in [-0.2, 0) is 0 Å². The molecule has 0 atom stereocenters. The number of fused-ring (bicyclic) bond motifs is 1. The molecule has 1 N–H and O–H groups in total. The highest BCUT2D eigenvalue weighted by molar-refractivity contribution is 7.71. The van der Waals surface area contributed by atoms with E-state index in [1.165, 1.54) is 6.20 Å².